The maximum Gasteiger partial charge on any atom is 0.267 e. The van der Waals surface area contributed by atoms with E-state index in [0.29, 0.717) is 11.3 Å². The van der Waals surface area contributed by atoms with Crippen molar-refractivity contribution in [2.45, 2.75) is 0 Å². The Kier molecular flexibility index (Phi) is 4.31. The second-order valence-electron chi connectivity index (χ2n) is 5.12. The van der Waals surface area contributed by atoms with Gasteiger partial charge in [-0.05, 0) is 6.07 Å². The van der Waals surface area contributed by atoms with Gasteiger partial charge >= 0.3 is 0 Å². The Bertz CT molecular complexity index is 879. The molecule has 0 radical (unpaired) electrons. The van der Waals surface area contributed by atoms with Crippen LogP contribution in [0.15, 0.2) is 29.2 Å². The Hall–Kier alpha value is -2.72. The number of thiocarbonyl (C=S) groups is 1. The van der Waals surface area contributed by atoms with Crippen molar-refractivity contribution < 1.29 is 29.4 Å². The molecule has 2 aliphatic rings. The van der Waals surface area contributed by atoms with Gasteiger partial charge in [-0.25, -0.2) is 0 Å². The molecule has 0 spiro atoms. The van der Waals surface area contributed by atoms with Crippen molar-refractivity contribution in [3.8, 4) is 0 Å². The third kappa shape index (κ3) is 2.89. The molecular weight excluding hydrogens is 368 g/mol. The van der Waals surface area contributed by atoms with E-state index in [0.717, 1.165) is 21.6 Å². The maximum absolute atomic E-state index is 12.7. The third-order valence-electron chi connectivity index (χ3n) is 3.57. The minimum Gasteiger partial charge on any atom is -0.548 e. The molecule has 0 aromatic heterocycles. The van der Waals surface area contributed by atoms with Crippen molar-refractivity contribution in [2.24, 2.45) is 0 Å². The van der Waals surface area contributed by atoms with Crippen LogP contribution in [0.2, 0.25) is 0 Å². The summed E-state index contributed by atoms with van der Waals surface area (Å²) >= 11 is 5.79. The number of carboxylic acid groups (broad SMARTS) is 2. The summed E-state index contributed by atoms with van der Waals surface area (Å²) in [6.45, 7) is -1.39. The van der Waals surface area contributed by atoms with Crippen molar-refractivity contribution >= 4 is 63.3 Å². The van der Waals surface area contributed by atoms with Crippen LogP contribution in [0.5, 0.6) is 0 Å². The Morgan fingerprint density at radius 1 is 1.00 bits per heavy atom. The zero-order valence-corrected chi connectivity index (χ0v) is 14.0. The van der Waals surface area contributed by atoms with Crippen LogP contribution in [0.25, 0.3) is 5.57 Å². The fourth-order valence-corrected chi connectivity index (χ4v) is 3.93. The number of para-hydroxylation sites is 1. The highest BCUT2D eigenvalue weighted by atomic mass is 32.2. The molecule has 10 heteroatoms. The fourth-order valence-electron chi connectivity index (χ4n) is 2.60. The minimum atomic E-state index is -1.49. The number of hydrogen-bond donors (Lipinski definition) is 0. The van der Waals surface area contributed by atoms with Crippen LogP contribution in [0, 0.1) is 0 Å². The lowest BCUT2D eigenvalue weighted by Crippen LogP contribution is -2.41. The molecule has 128 valence electrons. The van der Waals surface area contributed by atoms with Crippen molar-refractivity contribution in [1.82, 2.24) is 4.90 Å². The van der Waals surface area contributed by atoms with E-state index in [9.17, 15) is 29.4 Å². The molecule has 25 heavy (non-hydrogen) atoms. The van der Waals surface area contributed by atoms with E-state index in [-0.39, 0.29) is 14.8 Å². The van der Waals surface area contributed by atoms with Gasteiger partial charge in [0.15, 0.2) is 0 Å². The number of aliphatic carboxylic acids is 2. The zero-order chi connectivity index (χ0) is 18.3. The van der Waals surface area contributed by atoms with Gasteiger partial charge in [-0.3, -0.25) is 14.5 Å². The Labute approximate surface area is 150 Å². The summed E-state index contributed by atoms with van der Waals surface area (Å²) in [6.07, 6.45) is 0. The molecule has 0 atom stereocenters. The molecule has 3 rings (SSSR count). The van der Waals surface area contributed by atoms with Crippen LogP contribution in [0.3, 0.4) is 0 Å². The summed E-state index contributed by atoms with van der Waals surface area (Å²) in [7, 11) is 0. The lowest BCUT2D eigenvalue weighted by Gasteiger charge is -2.17. The van der Waals surface area contributed by atoms with Gasteiger partial charge in [0.2, 0.25) is 0 Å². The predicted octanol–water partition coefficient (Wildman–Crippen LogP) is -1.90. The van der Waals surface area contributed by atoms with Crippen LogP contribution in [-0.4, -0.2) is 46.1 Å². The highest BCUT2D eigenvalue weighted by Gasteiger charge is 2.41. The lowest BCUT2D eigenvalue weighted by atomic mass is 10.1. The second-order valence-corrected chi connectivity index (χ2v) is 6.76. The van der Waals surface area contributed by atoms with Gasteiger partial charge in [0, 0.05) is 5.56 Å². The molecule has 8 nitrogen and oxygen atoms in total. The highest BCUT2D eigenvalue weighted by Crippen LogP contribution is 2.44. The minimum absolute atomic E-state index is 0.00459. The molecule has 2 amide bonds. The fraction of sp³-hybridized carbons (Fsp3) is 0.133. The summed E-state index contributed by atoms with van der Waals surface area (Å²) in [6, 6.07) is 6.38. The molecule has 1 aromatic rings. The van der Waals surface area contributed by atoms with E-state index in [2.05, 4.69) is 0 Å². The predicted molar refractivity (Wildman–Crippen MR) is 87.6 cm³/mol. The molecular formula is C15H8N2O6S2-2. The van der Waals surface area contributed by atoms with Gasteiger partial charge < -0.3 is 24.7 Å². The van der Waals surface area contributed by atoms with E-state index >= 15 is 0 Å². The molecule has 0 saturated carbocycles. The van der Waals surface area contributed by atoms with Crippen molar-refractivity contribution in [2.75, 3.05) is 18.0 Å². The number of amides is 2. The van der Waals surface area contributed by atoms with Gasteiger partial charge in [0.25, 0.3) is 11.8 Å². The summed E-state index contributed by atoms with van der Waals surface area (Å²) in [5.41, 5.74) is 0.703. The number of carbonyl (C=O) groups excluding carboxylic acids is 4. The van der Waals surface area contributed by atoms with Crippen molar-refractivity contribution in [3.63, 3.8) is 0 Å². The number of nitrogens with zero attached hydrogens (tertiary/aromatic N) is 2. The molecule has 2 heterocycles. The molecule has 0 bridgehead atoms. The Morgan fingerprint density at radius 2 is 1.60 bits per heavy atom. The highest BCUT2D eigenvalue weighted by molar-refractivity contribution is 8.26. The number of rotatable bonds is 4. The summed E-state index contributed by atoms with van der Waals surface area (Å²) < 4.78 is -0.0136. The van der Waals surface area contributed by atoms with Gasteiger partial charge in [-0.1, -0.05) is 42.2 Å². The SMILES string of the molecule is O=C([O-])CN1C(=O)C(=C2C(=O)N(CC(=O)[O-])c3ccccc32)SC1=S. The average molecular weight is 376 g/mol. The van der Waals surface area contributed by atoms with E-state index in [1.807, 2.05) is 0 Å². The smallest absolute Gasteiger partial charge is 0.267 e. The van der Waals surface area contributed by atoms with Crippen LogP contribution in [0.4, 0.5) is 5.69 Å². The molecule has 1 fully saturated rings. The molecule has 0 unspecified atom stereocenters. The first-order valence-corrected chi connectivity index (χ1v) is 8.12. The number of carboxylic acids is 2. The molecule has 0 aliphatic carbocycles. The standard InChI is InChI=1S/C15H10N2O6S2/c18-9(19)5-16-8-4-2-1-3-7(8)11(13(16)22)12-14(23)17(6-10(20)21)15(24)25-12/h1-4H,5-6H2,(H,18,19)(H,20,21)/p-2. The normalized spacial score (nSPS) is 19.6. The average Bonchev–Trinajstić information content (AvgIpc) is 2.96. The van der Waals surface area contributed by atoms with E-state index in [1.54, 1.807) is 24.3 Å². The second kappa shape index (κ2) is 6.30. The summed E-state index contributed by atoms with van der Waals surface area (Å²) in [5.74, 6) is -4.35. The molecule has 2 aliphatic heterocycles. The molecule has 1 aromatic carbocycles. The largest absolute Gasteiger partial charge is 0.548 e. The van der Waals surface area contributed by atoms with Gasteiger partial charge in [0.05, 0.1) is 41.2 Å². The van der Waals surface area contributed by atoms with Crippen molar-refractivity contribution in [3.05, 3.63) is 34.7 Å². The van der Waals surface area contributed by atoms with Gasteiger partial charge in [0.1, 0.15) is 4.32 Å². The number of carbonyl (C=O) groups is 4. The monoisotopic (exact) mass is 376 g/mol. The first-order valence-electron chi connectivity index (χ1n) is 6.90. The first kappa shape index (κ1) is 17.1. The van der Waals surface area contributed by atoms with Crippen molar-refractivity contribution in [1.29, 1.82) is 0 Å². The first-order chi connectivity index (χ1) is 11.8. The summed E-state index contributed by atoms with van der Waals surface area (Å²) in [5, 5.41) is 21.7. The number of thioether (sulfide) groups is 1. The number of hydrogen-bond acceptors (Lipinski definition) is 8. The number of anilines is 1. The van der Waals surface area contributed by atoms with Crippen LogP contribution in [0.1, 0.15) is 5.56 Å². The summed E-state index contributed by atoms with van der Waals surface area (Å²) in [4.78, 5) is 48.7. The van der Waals surface area contributed by atoms with Gasteiger partial charge in [-0.15, -0.1) is 0 Å². The Morgan fingerprint density at radius 3 is 2.24 bits per heavy atom. The van der Waals surface area contributed by atoms with E-state index < -0.39 is 36.8 Å². The Balaban J connectivity index is 2.11. The molecule has 0 N–H and O–H groups in total. The molecule has 1 saturated heterocycles. The number of fused-ring (bicyclic) bond motifs is 1. The quantitative estimate of drug-likeness (QED) is 0.442. The van der Waals surface area contributed by atoms with E-state index in [4.69, 9.17) is 12.2 Å². The van der Waals surface area contributed by atoms with E-state index in [1.165, 1.54) is 0 Å². The van der Waals surface area contributed by atoms with Crippen LogP contribution >= 0.6 is 24.0 Å². The van der Waals surface area contributed by atoms with Gasteiger partial charge in [-0.2, -0.15) is 0 Å². The lowest BCUT2D eigenvalue weighted by molar-refractivity contribution is -0.305. The van der Waals surface area contributed by atoms with Crippen LogP contribution < -0.4 is 15.1 Å². The third-order valence-corrected chi connectivity index (χ3v) is 5.02. The van der Waals surface area contributed by atoms with Crippen LogP contribution in [-0.2, 0) is 19.2 Å². The number of benzene rings is 1. The topological polar surface area (TPSA) is 121 Å². The zero-order valence-electron chi connectivity index (χ0n) is 12.4. The maximum atomic E-state index is 12.7.